The van der Waals surface area contributed by atoms with Gasteiger partial charge in [0.05, 0.1) is 19.1 Å². The molecule has 31 heavy (non-hydrogen) atoms. The van der Waals surface area contributed by atoms with Gasteiger partial charge in [-0.3, -0.25) is 4.79 Å². The number of methoxy groups -OCH3 is 2. The van der Waals surface area contributed by atoms with Crippen molar-refractivity contribution in [3.8, 4) is 11.5 Å². The standard InChI is InChI=1S/C21H21N3O5S2/c1-28-18-8-7-16(12-19(18)29-2)31(26,27)24-13-15-6-4-3-5-14(15)11-17(24)20(25)23-21-22-9-10-30-21/h3-10,12,17H,11,13H2,1-2H3,(H,22,23,25)/t17-/m1/s1. The van der Waals surface area contributed by atoms with E-state index in [1.165, 1.54) is 48.1 Å². The van der Waals surface area contributed by atoms with Gasteiger partial charge in [-0.05, 0) is 29.7 Å². The van der Waals surface area contributed by atoms with E-state index in [0.29, 0.717) is 16.6 Å². The summed E-state index contributed by atoms with van der Waals surface area (Å²) in [5.74, 6) is 0.293. The molecule has 0 unspecified atom stereocenters. The number of benzene rings is 2. The molecule has 1 aromatic heterocycles. The second-order valence-electron chi connectivity index (χ2n) is 6.88. The first kappa shape index (κ1) is 21.3. The number of ether oxygens (including phenoxy) is 2. The van der Waals surface area contributed by atoms with Gasteiger partial charge in [0.15, 0.2) is 16.6 Å². The van der Waals surface area contributed by atoms with Gasteiger partial charge in [-0.15, -0.1) is 11.3 Å². The Balaban J connectivity index is 1.74. The van der Waals surface area contributed by atoms with Crippen molar-refractivity contribution in [1.29, 1.82) is 0 Å². The molecule has 3 aromatic rings. The Hall–Kier alpha value is -2.95. The maximum Gasteiger partial charge on any atom is 0.244 e. The van der Waals surface area contributed by atoms with Gasteiger partial charge >= 0.3 is 0 Å². The molecule has 1 aliphatic heterocycles. The van der Waals surface area contributed by atoms with Crippen LogP contribution in [0.4, 0.5) is 5.13 Å². The van der Waals surface area contributed by atoms with E-state index in [2.05, 4.69) is 10.3 Å². The summed E-state index contributed by atoms with van der Waals surface area (Å²) >= 11 is 1.27. The quantitative estimate of drug-likeness (QED) is 0.609. The van der Waals surface area contributed by atoms with Crippen LogP contribution in [0.2, 0.25) is 0 Å². The summed E-state index contributed by atoms with van der Waals surface area (Å²) < 4.78 is 38.9. The highest BCUT2D eigenvalue weighted by Crippen LogP contribution is 2.34. The van der Waals surface area contributed by atoms with E-state index >= 15 is 0 Å². The third-order valence-electron chi connectivity index (χ3n) is 5.13. The van der Waals surface area contributed by atoms with Crippen LogP contribution in [0, 0.1) is 0 Å². The second-order valence-corrected chi connectivity index (χ2v) is 9.67. The lowest BCUT2D eigenvalue weighted by molar-refractivity contribution is -0.120. The van der Waals surface area contributed by atoms with Crippen molar-refractivity contribution in [3.63, 3.8) is 0 Å². The maximum absolute atomic E-state index is 13.6. The number of aromatic nitrogens is 1. The van der Waals surface area contributed by atoms with E-state index in [9.17, 15) is 13.2 Å². The van der Waals surface area contributed by atoms with E-state index in [0.717, 1.165) is 11.1 Å². The minimum Gasteiger partial charge on any atom is -0.493 e. The number of nitrogens with zero attached hydrogens (tertiary/aromatic N) is 2. The number of hydrogen-bond acceptors (Lipinski definition) is 7. The van der Waals surface area contributed by atoms with Crippen LogP contribution < -0.4 is 14.8 Å². The zero-order valence-corrected chi connectivity index (χ0v) is 18.6. The van der Waals surface area contributed by atoms with Crippen LogP contribution in [0.1, 0.15) is 11.1 Å². The molecular formula is C21H21N3O5S2. The Morgan fingerprint density at radius 1 is 1.13 bits per heavy atom. The maximum atomic E-state index is 13.6. The molecule has 1 atom stereocenters. The summed E-state index contributed by atoms with van der Waals surface area (Å²) in [6.45, 7) is 0.0861. The van der Waals surface area contributed by atoms with Crippen LogP contribution in [-0.4, -0.2) is 43.9 Å². The summed E-state index contributed by atoms with van der Waals surface area (Å²) in [5, 5.41) is 4.90. The average molecular weight is 460 g/mol. The minimum atomic E-state index is -4.02. The number of amides is 1. The predicted molar refractivity (Wildman–Crippen MR) is 117 cm³/mol. The monoisotopic (exact) mass is 459 g/mol. The predicted octanol–water partition coefficient (Wildman–Crippen LogP) is 2.91. The van der Waals surface area contributed by atoms with E-state index in [1.807, 2.05) is 24.3 Å². The molecule has 0 spiro atoms. The van der Waals surface area contributed by atoms with Crippen LogP contribution in [0.5, 0.6) is 11.5 Å². The van der Waals surface area contributed by atoms with Gasteiger partial charge in [0.25, 0.3) is 0 Å². The van der Waals surface area contributed by atoms with E-state index in [1.54, 1.807) is 11.6 Å². The Bertz CT molecular complexity index is 1200. The topological polar surface area (TPSA) is 97.8 Å². The van der Waals surface area contributed by atoms with E-state index in [4.69, 9.17) is 9.47 Å². The Kier molecular flexibility index (Phi) is 5.94. The molecule has 2 aromatic carbocycles. The van der Waals surface area contributed by atoms with Gasteiger partial charge in [0.1, 0.15) is 6.04 Å². The number of fused-ring (bicyclic) bond motifs is 1. The largest absolute Gasteiger partial charge is 0.493 e. The first-order valence-electron chi connectivity index (χ1n) is 9.45. The molecule has 0 saturated heterocycles. The van der Waals surface area contributed by atoms with Gasteiger partial charge in [-0.25, -0.2) is 13.4 Å². The first-order chi connectivity index (χ1) is 14.9. The van der Waals surface area contributed by atoms with Gasteiger partial charge < -0.3 is 14.8 Å². The van der Waals surface area contributed by atoms with Crippen molar-refractivity contribution in [2.24, 2.45) is 0 Å². The zero-order valence-electron chi connectivity index (χ0n) is 16.9. The molecule has 8 nitrogen and oxygen atoms in total. The highest BCUT2D eigenvalue weighted by molar-refractivity contribution is 7.89. The SMILES string of the molecule is COc1ccc(S(=O)(=O)N2Cc3ccccc3C[C@@H]2C(=O)Nc2nccs2)cc1OC. The van der Waals surface area contributed by atoms with Crippen LogP contribution >= 0.6 is 11.3 Å². The Labute approximate surface area is 184 Å². The van der Waals surface area contributed by atoms with Crippen LogP contribution in [0.3, 0.4) is 0 Å². The summed E-state index contributed by atoms with van der Waals surface area (Å²) in [5.41, 5.74) is 1.81. The molecule has 2 heterocycles. The fourth-order valence-electron chi connectivity index (χ4n) is 3.56. The number of nitrogens with one attached hydrogen (secondary N) is 1. The lowest BCUT2D eigenvalue weighted by Gasteiger charge is -2.34. The first-order valence-corrected chi connectivity index (χ1v) is 11.8. The smallest absolute Gasteiger partial charge is 0.244 e. The fourth-order valence-corrected chi connectivity index (χ4v) is 5.67. The number of sulfonamides is 1. The van der Waals surface area contributed by atoms with Gasteiger partial charge in [-0.2, -0.15) is 4.31 Å². The highest BCUT2D eigenvalue weighted by Gasteiger charge is 2.40. The number of carbonyl (C=O) groups excluding carboxylic acids is 1. The normalized spacial score (nSPS) is 16.4. The molecule has 1 aliphatic rings. The fraction of sp³-hybridized carbons (Fsp3) is 0.238. The zero-order chi connectivity index (χ0) is 22.0. The molecule has 162 valence electrons. The number of thiazole rings is 1. The average Bonchev–Trinajstić information content (AvgIpc) is 3.30. The number of carbonyl (C=O) groups is 1. The lowest BCUT2D eigenvalue weighted by atomic mass is 9.95. The van der Waals surface area contributed by atoms with Crippen molar-refractivity contribution in [3.05, 3.63) is 65.2 Å². The van der Waals surface area contributed by atoms with Crippen LogP contribution in [-0.2, 0) is 27.8 Å². The van der Waals surface area contributed by atoms with Crippen molar-refractivity contribution >= 4 is 32.4 Å². The van der Waals surface area contributed by atoms with Gasteiger partial charge in [-0.1, -0.05) is 24.3 Å². The van der Waals surface area contributed by atoms with Crippen molar-refractivity contribution in [2.45, 2.75) is 23.9 Å². The second kappa shape index (κ2) is 8.66. The van der Waals surface area contributed by atoms with E-state index < -0.39 is 22.0 Å². The molecule has 0 saturated carbocycles. The van der Waals surface area contributed by atoms with Crippen molar-refractivity contribution in [2.75, 3.05) is 19.5 Å². The third-order valence-corrected chi connectivity index (χ3v) is 7.67. The molecule has 1 N–H and O–H groups in total. The molecule has 1 amide bonds. The molecule has 10 heteroatoms. The number of hydrogen-bond donors (Lipinski definition) is 1. The minimum absolute atomic E-state index is 0.0246. The molecule has 0 aliphatic carbocycles. The molecular weight excluding hydrogens is 438 g/mol. The summed E-state index contributed by atoms with van der Waals surface area (Å²) in [6.07, 6.45) is 1.84. The molecule has 0 bridgehead atoms. The number of anilines is 1. The van der Waals surface area contributed by atoms with Crippen molar-refractivity contribution < 1.29 is 22.7 Å². The molecule has 0 radical (unpaired) electrons. The molecule has 0 fully saturated rings. The van der Waals surface area contributed by atoms with Crippen LogP contribution in [0.15, 0.2) is 58.9 Å². The van der Waals surface area contributed by atoms with Crippen LogP contribution in [0.25, 0.3) is 0 Å². The Morgan fingerprint density at radius 3 is 2.55 bits per heavy atom. The molecule has 4 rings (SSSR count). The summed E-state index contributed by atoms with van der Waals surface area (Å²) in [4.78, 5) is 17.2. The van der Waals surface area contributed by atoms with Gasteiger partial charge in [0, 0.05) is 24.2 Å². The Morgan fingerprint density at radius 2 is 1.87 bits per heavy atom. The third kappa shape index (κ3) is 4.14. The highest BCUT2D eigenvalue weighted by atomic mass is 32.2. The summed E-state index contributed by atoms with van der Waals surface area (Å²) in [7, 11) is -1.10. The van der Waals surface area contributed by atoms with E-state index in [-0.39, 0.29) is 17.9 Å². The number of rotatable bonds is 6. The summed E-state index contributed by atoms with van der Waals surface area (Å²) in [6, 6.07) is 11.0. The van der Waals surface area contributed by atoms with Crippen molar-refractivity contribution in [1.82, 2.24) is 9.29 Å². The van der Waals surface area contributed by atoms with Gasteiger partial charge in [0.2, 0.25) is 15.9 Å². The lowest BCUT2D eigenvalue weighted by Crippen LogP contribution is -2.50.